The zero-order valence-electron chi connectivity index (χ0n) is 14.9. The highest BCUT2D eigenvalue weighted by Crippen LogP contribution is 2.14. The first-order chi connectivity index (χ1) is 9.36. The Balaban J connectivity index is -0.000000121. The van der Waals surface area contributed by atoms with Gasteiger partial charge in [0, 0.05) is 12.2 Å². The van der Waals surface area contributed by atoms with E-state index in [1.807, 2.05) is 79.7 Å². The Morgan fingerprint density at radius 3 is 1.42 bits per heavy atom. The summed E-state index contributed by atoms with van der Waals surface area (Å²) in [6, 6.07) is 7.89. The molecule has 0 radical (unpaired) electrons. The monoisotopic (exact) mass is 271 g/mol. The molecule has 0 atom stereocenters. The first-order valence-corrected chi connectivity index (χ1v) is 7.74. The molecule has 0 bridgehead atoms. The molecule has 1 N–H and O–H groups in total. The third-order valence-corrected chi connectivity index (χ3v) is 1.47. The van der Waals surface area contributed by atoms with Gasteiger partial charge in [0.2, 0.25) is 0 Å². The molecular formula is C17H37NO. The van der Waals surface area contributed by atoms with E-state index in [1.54, 1.807) is 7.11 Å². The fourth-order valence-electron chi connectivity index (χ4n) is 0.913. The second-order valence-electron chi connectivity index (χ2n) is 2.26. The zero-order valence-corrected chi connectivity index (χ0v) is 14.9. The summed E-state index contributed by atoms with van der Waals surface area (Å²) in [4.78, 5) is 0. The summed E-state index contributed by atoms with van der Waals surface area (Å²) in [5.41, 5.74) is 1.13. The molecule has 0 aromatic heterocycles. The number of methoxy groups -OCH3 is 1. The fourth-order valence-corrected chi connectivity index (χ4v) is 0.913. The van der Waals surface area contributed by atoms with Crippen LogP contribution in [0.5, 0.6) is 5.75 Å². The maximum Gasteiger partial charge on any atom is 0.119 e. The second kappa shape index (κ2) is 30.1. The molecule has 0 amide bonds. The molecule has 0 aliphatic heterocycles. The Kier molecular flexibility index (Phi) is 41.9. The van der Waals surface area contributed by atoms with E-state index in [1.165, 1.54) is 0 Å². The summed E-state index contributed by atoms with van der Waals surface area (Å²) in [6.45, 7) is 19.0. The first kappa shape index (κ1) is 26.4. The molecule has 0 saturated heterocycles. The minimum absolute atomic E-state index is 0.895. The van der Waals surface area contributed by atoms with Crippen LogP contribution in [-0.2, 0) is 0 Å². The lowest BCUT2D eigenvalue weighted by molar-refractivity contribution is 0.415. The third-order valence-electron chi connectivity index (χ3n) is 1.47. The number of rotatable bonds is 3. The van der Waals surface area contributed by atoms with Gasteiger partial charge in [0.15, 0.2) is 0 Å². The molecule has 1 rings (SSSR count). The smallest absolute Gasteiger partial charge is 0.119 e. The van der Waals surface area contributed by atoms with Crippen molar-refractivity contribution >= 4 is 5.69 Å². The molecule has 0 fully saturated rings. The lowest BCUT2D eigenvalue weighted by Gasteiger charge is -2.03. The number of benzene rings is 1. The van der Waals surface area contributed by atoms with Crippen molar-refractivity contribution in [3.63, 3.8) is 0 Å². The van der Waals surface area contributed by atoms with Gasteiger partial charge in [-0.3, -0.25) is 0 Å². The highest BCUT2D eigenvalue weighted by atomic mass is 16.5. The van der Waals surface area contributed by atoms with Crippen LogP contribution >= 0.6 is 0 Å². The summed E-state index contributed by atoms with van der Waals surface area (Å²) >= 11 is 0. The molecule has 1 aromatic rings. The van der Waals surface area contributed by atoms with Crippen molar-refractivity contribution in [1.29, 1.82) is 0 Å². The van der Waals surface area contributed by atoms with Crippen LogP contribution in [0.15, 0.2) is 24.3 Å². The van der Waals surface area contributed by atoms with Gasteiger partial charge in [0.05, 0.1) is 7.11 Å². The van der Waals surface area contributed by atoms with Gasteiger partial charge in [-0.15, -0.1) is 0 Å². The molecular weight excluding hydrogens is 234 g/mol. The highest BCUT2D eigenvalue weighted by Gasteiger charge is 1.89. The number of hydrogen-bond donors (Lipinski definition) is 1. The molecule has 0 unspecified atom stereocenters. The van der Waals surface area contributed by atoms with Gasteiger partial charge in [0.25, 0.3) is 0 Å². The van der Waals surface area contributed by atoms with Crippen molar-refractivity contribution in [2.75, 3.05) is 19.0 Å². The van der Waals surface area contributed by atoms with Crippen LogP contribution in [-0.4, -0.2) is 13.7 Å². The second-order valence-corrected chi connectivity index (χ2v) is 2.26. The van der Waals surface area contributed by atoms with Crippen LogP contribution in [0.1, 0.15) is 62.3 Å². The molecule has 116 valence electrons. The Bertz CT molecular complexity index is 207. The molecule has 2 nitrogen and oxygen atoms in total. The summed E-state index contributed by atoms with van der Waals surface area (Å²) in [5.74, 6) is 0.895. The Labute approximate surface area is 122 Å². The number of hydrogen-bond acceptors (Lipinski definition) is 2. The Morgan fingerprint density at radius 1 is 0.789 bits per heavy atom. The average Bonchev–Trinajstić information content (AvgIpc) is 2.56. The third kappa shape index (κ3) is 19.3. The first-order valence-electron chi connectivity index (χ1n) is 7.74. The van der Waals surface area contributed by atoms with Gasteiger partial charge in [-0.1, -0.05) is 55.4 Å². The number of anilines is 1. The highest BCUT2D eigenvalue weighted by molar-refractivity contribution is 5.46. The lowest BCUT2D eigenvalue weighted by atomic mass is 10.3. The maximum atomic E-state index is 5.02. The molecule has 19 heavy (non-hydrogen) atoms. The largest absolute Gasteiger partial charge is 0.497 e. The van der Waals surface area contributed by atoms with Crippen LogP contribution in [0.3, 0.4) is 0 Å². The van der Waals surface area contributed by atoms with Gasteiger partial charge in [0.1, 0.15) is 5.75 Å². The Hall–Kier alpha value is -1.18. The molecule has 0 aliphatic rings. The standard InChI is InChI=1S/C9H13NO.4C2H6/c1-3-10-8-4-6-9(11-2)7-5-8;4*1-2/h4-7,10H,3H2,1-2H3;4*1-2H3. The zero-order chi connectivity index (χ0) is 16.1. The van der Waals surface area contributed by atoms with Crippen molar-refractivity contribution in [3.8, 4) is 5.75 Å². The SMILES string of the molecule is CC.CC.CC.CC.CCNc1ccc(OC)cc1. The molecule has 0 aliphatic carbocycles. The van der Waals surface area contributed by atoms with E-state index in [2.05, 4.69) is 12.2 Å². The minimum Gasteiger partial charge on any atom is -0.497 e. The van der Waals surface area contributed by atoms with E-state index in [-0.39, 0.29) is 0 Å². The van der Waals surface area contributed by atoms with Crippen molar-refractivity contribution in [3.05, 3.63) is 24.3 Å². The van der Waals surface area contributed by atoms with Crippen molar-refractivity contribution in [2.45, 2.75) is 62.3 Å². The van der Waals surface area contributed by atoms with Crippen molar-refractivity contribution < 1.29 is 4.74 Å². The van der Waals surface area contributed by atoms with E-state index >= 15 is 0 Å². The fraction of sp³-hybridized carbons (Fsp3) is 0.647. The topological polar surface area (TPSA) is 21.3 Å². The van der Waals surface area contributed by atoms with Gasteiger partial charge in [-0.2, -0.15) is 0 Å². The summed E-state index contributed by atoms with van der Waals surface area (Å²) in [5, 5.41) is 3.20. The molecule has 0 saturated carbocycles. The molecule has 1 aromatic carbocycles. The van der Waals surface area contributed by atoms with Gasteiger partial charge >= 0.3 is 0 Å². The molecule has 0 spiro atoms. The van der Waals surface area contributed by atoms with Gasteiger partial charge in [-0.25, -0.2) is 0 Å². The Morgan fingerprint density at radius 2 is 1.16 bits per heavy atom. The lowest BCUT2D eigenvalue weighted by Crippen LogP contribution is -1.95. The predicted molar refractivity (Wildman–Crippen MR) is 92.5 cm³/mol. The molecule has 0 heterocycles. The quantitative estimate of drug-likeness (QED) is 0.703. The predicted octanol–water partition coefficient (Wildman–Crippen LogP) is 6.23. The van der Waals surface area contributed by atoms with Crippen LogP contribution in [0.2, 0.25) is 0 Å². The number of nitrogens with one attached hydrogen (secondary N) is 1. The van der Waals surface area contributed by atoms with Gasteiger partial charge < -0.3 is 10.1 Å². The maximum absolute atomic E-state index is 5.02. The van der Waals surface area contributed by atoms with Crippen LogP contribution < -0.4 is 10.1 Å². The minimum atomic E-state index is 0.895. The summed E-state index contributed by atoms with van der Waals surface area (Å²) in [7, 11) is 1.67. The summed E-state index contributed by atoms with van der Waals surface area (Å²) in [6.07, 6.45) is 0. The van der Waals surface area contributed by atoms with E-state index in [0.717, 1.165) is 18.0 Å². The number of ether oxygens (including phenoxy) is 1. The van der Waals surface area contributed by atoms with Crippen molar-refractivity contribution in [1.82, 2.24) is 0 Å². The van der Waals surface area contributed by atoms with E-state index in [0.29, 0.717) is 0 Å². The van der Waals surface area contributed by atoms with E-state index in [9.17, 15) is 0 Å². The van der Waals surface area contributed by atoms with E-state index < -0.39 is 0 Å². The normalized spacial score (nSPS) is 6.63. The average molecular weight is 271 g/mol. The van der Waals surface area contributed by atoms with Gasteiger partial charge in [-0.05, 0) is 31.2 Å². The van der Waals surface area contributed by atoms with Crippen molar-refractivity contribution in [2.24, 2.45) is 0 Å². The van der Waals surface area contributed by atoms with Crippen LogP contribution in [0.4, 0.5) is 5.69 Å². The summed E-state index contributed by atoms with van der Waals surface area (Å²) < 4.78 is 5.02. The molecule has 2 heteroatoms. The van der Waals surface area contributed by atoms with Crippen LogP contribution in [0, 0.1) is 0 Å². The van der Waals surface area contributed by atoms with Crippen LogP contribution in [0.25, 0.3) is 0 Å². The van der Waals surface area contributed by atoms with E-state index in [4.69, 9.17) is 4.74 Å².